The number of aromatic amines is 1. The number of carbonyl (C=O) groups excluding carboxylic acids is 3. The number of aromatic nitrogens is 2. The molecule has 0 spiro atoms. The van der Waals surface area contributed by atoms with E-state index >= 15 is 0 Å². The molecule has 1 saturated carbocycles. The number of carbonyl (C=O) groups is 3. The minimum atomic E-state index is -0.593. The number of ether oxygens (including phenoxy) is 1. The van der Waals surface area contributed by atoms with Crippen LogP contribution in [0.25, 0.3) is 10.8 Å². The molecule has 2 bridgehead atoms. The standard InChI is InChI=1S/C39H50FN7O5/c1-39(2,3)52-38(51)47-24-27-9-10-29(47)22-28(27)23-43-12-14-44(15-13-43)25-35(48)45-16-18-46(19-17-45)37(50)32-20-26(8-11-33(32)40)21-34-30-6-4-5-7-31(30)36(49)42-41-34/h4-8,11,20,27-29H,9-10,12-19,21-25H2,1-3H3,(H,42,49). The molecule has 278 valence electrons. The SMILES string of the molecule is CC(C)(C)OC(=O)N1CC2CCC1CC2CN1CCN(CC(=O)N2CCN(C(=O)c3cc(Cc4n[nH]c(=O)c5ccccc45)ccc3F)CC2)CC1. The number of hydrogen-bond donors (Lipinski definition) is 1. The van der Waals surface area contributed by atoms with E-state index in [-0.39, 0.29) is 29.2 Å². The maximum Gasteiger partial charge on any atom is 0.410 e. The maximum absolute atomic E-state index is 15.0. The smallest absolute Gasteiger partial charge is 0.410 e. The van der Waals surface area contributed by atoms with E-state index in [4.69, 9.17) is 4.74 Å². The molecule has 1 aromatic heterocycles. The Morgan fingerprint density at radius 1 is 0.904 bits per heavy atom. The summed E-state index contributed by atoms with van der Waals surface area (Å²) in [6.45, 7) is 12.9. The fourth-order valence-electron chi connectivity index (χ4n) is 8.42. The van der Waals surface area contributed by atoms with E-state index in [1.807, 2.05) is 42.7 Å². The molecule has 5 aliphatic rings. The summed E-state index contributed by atoms with van der Waals surface area (Å²) in [6.07, 6.45) is 3.39. The number of piperazine rings is 2. The molecule has 52 heavy (non-hydrogen) atoms. The lowest BCUT2D eigenvalue weighted by atomic mass is 9.72. The molecule has 4 saturated heterocycles. The molecule has 3 atom stereocenters. The molecule has 13 heteroatoms. The second-order valence-electron chi connectivity index (χ2n) is 15.9. The third-order valence-corrected chi connectivity index (χ3v) is 11.3. The average Bonchev–Trinajstić information content (AvgIpc) is 3.14. The number of halogens is 1. The lowest BCUT2D eigenvalue weighted by molar-refractivity contribution is -0.134. The third kappa shape index (κ3) is 8.00. The van der Waals surface area contributed by atoms with Crippen LogP contribution in [0.4, 0.5) is 9.18 Å². The summed E-state index contributed by atoms with van der Waals surface area (Å²) in [5, 5.41) is 7.99. The molecule has 4 aliphatic heterocycles. The van der Waals surface area contributed by atoms with Crippen LogP contribution >= 0.6 is 0 Å². The summed E-state index contributed by atoms with van der Waals surface area (Å²) in [6, 6.07) is 11.9. The van der Waals surface area contributed by atoms with E-state index in [1.54, 1.807) is 29.2 Å². The zero-order valence-electron chi connectivity index (χ0n) is 30.5. The summed E-state index contributed by atoms with van der Waals surface area (Å²) in [7, 11) is 0. The Morgan fingerprint density at radius 3 is 2.29 bits per heavy atom. The fourth-order valence-corrected chi connectivity index (χ4v) is 8.42. The lowest BCUT2D eigenvalue weighted by Crippen LogP contribution is -2.58. The Balaban J connectivity index is 0.859. The van der Waals surface area contributed by atoms with Crippen molar-refractivity contribution in [3.05, 3.63) is 75.5 Å². The van der Waals surface area contributed by atoms with Gasteiger partial charge in [0.2, 0.25) is 5.91 Å². The van der Waals surface area contributed by atoms with E-state index in [2.05, 4.69) is 20.0 Å². The van der Waals surface area contributed by atoms with Crippen molar-refractivity contribution in [1.82, 2.24) is 34.7 Å². The van der Waals surface area contributed by atoms with Gasteiger partial charge in [-0.05, 0) is 75.6 Å². The van der Waals surface area contributed by atoms with Crippen LogP contribution in [0.5, 0.6) is 0 Å². The topological polar surface area (TPSA) is 122 Å². The van der Waals surface area contributed by atoms with Gasteiger partial charge in [0.15, 0.2) is 0 Å². The van der Waals surface area contributed by atoms with E-state index in [0.29, 0.717) is 73.0 Å². The predicted octanol–water partition coefficient (Wildman–Crippen LogP) is 3.59. The summed E-state index contributed by atoms with van der Waals surface area (Å²) in [5.41, 5.74) is 0.574. The van der Waals surface area contributed by atoms with E-state index in [1.165, 1.54) is 6.07 Å². The Labute approximate surface area is 303 Å². The van der Waals surface area contributed by atoms with Crippen LogP contribution in [0.3, 0.4) is 0 Å². The number of piperidine rings is 2. The molecule has 3 amide bonds. The van der Waals surface area contributed by atoms with Crippen molar-refractivity contribution in [2.75, 3.05) is 72.0 Å². The van der Waals surface area contributed by atoms with Crippen LogP contribution in [-0.2, 0) is 16.0 Å². The Morgan fingerprint density at radius 2 is 1.60 bits per heavy atom. The largest absolute Gasteiger partial charge is 0.444 e. The van der Waals surface area contributed by atoms with Gasteiger partial charge in [-0.2, -0.15) is 5.10 Å². The van der Waals surface area contributed by atoms with Gasteiger partial charge in [-0.15, -0.1) is 0 Å². The van der Waals surface area contributed by atoms with Crippen molar-refractivity contribution in [3.63, 3.8) is 0 Å². The number of amides is 3. The molecule has 1 aliphatic carbocycles. The van der Waals surface area contributed by atoms with Crippen LogP contribution in [0.15, 0.2) is 47.3 Å². The Kier molecular flexibility index (Phi) is 10.3. The van der Waals surface area contributed by atoms with Crippen molar-refractivity contribution in [1.29, 1.82) is 0 Å². The van der Waals surface area contributed by atoms with Gasteiger partial charge >= 0.3 is 6.09 Å². The van der Waals surface area contributed by atoms with Gasteiger partial charge in [0.1, 0.15) is 11.4 Å². The molecule has 12 nitrogen and oxygen atoms in total. The van der Waals surface area contributed by atoms with Crippen LogP contribution in [0.2, 0.25) is 0 Å². The third-order valence-electron chi connectivity index (χ3n) is 11.3. The summed E-state index contributed by atoms with van der Waals surface area (Å²) in [5.74, 6) is 0.147. The van der Waals surface area contributed by atoms with Crippen LogP contribution in [0.1, 0.15) is 61.6 Å². The van der Waals surface area contributed by atoms with Crippen LogP contribution in [-0.4, -0.2) is 136 Å². The van der Waals surface area contributed by atoms with Crippen LogP contribution in [0, 0.1) is 17.7 Å². The van der Waals surface area contributed by atoms with Crippen LogP contribution < -0.4 is 5.56 Å². The van der Waals surface area contributed by atoms with Gasteiger partial charge < -0.3 is 24.3 Å². The van der Waals surface area contributed by atoms with E-state index < -0.39 is 17.3 Å². The quantitative estimate of drug-likeness (QED) is 0.394. The first-order valence-electron chi connectivity index (χ1n) is 18.7. The number of H-pyrrole nitrogens is 1. The Hall–Kier alpha value is -4.36. The lowest BCUT2D eigenvalue weighted by Gasteiger charge is -2.50. The van der Waals surface area contributed by atoms with Gasteiger partial charge in [0.05, 0.1) is 23.2 Å². The first kappa shape index (κ1) is 36.0. The summed E-state index contributed by atoms with van der Waals surface area (Å²) >= 11 is 0. The minimum Gasteiger partial charge on any atom is -0.444 e. The second kappa shape index (κ2) is 14.9. The van der Waals surface area contributed by atoms with Crippen molar-refractivity contribution in [2.24, 2.45) is 11.8 Å². The molecular weight excluding hydrogens is 665 g/mol. The van der Waals surface area contributed by atoms with E-state index in [0.717, 1.165) is 58.5 Å². The zero-order chi connectivity index (χ0) is 36.6. The number of hydrogen-bond acceptors (Lipinski definition) is 8. The van der Waals surface area contributed by atoms with Gasteiger partial charge in [-0.3, -0.25) is 19.3 Å². The predicted molar refractivity (Wildman–Crippen MR) is 194 cm³/mol. The van der Waals surface area contributed by atoms with E-state index in [9.17, 15) is 23.6 Å². The molecule has 5 heterocycles. The molecule has 8 rings (SSSR count). The molecule has 0 radical (unpaired) electrons. The number of nitrogens with one attached hydrogen (secondary N) is 1. The fraction of sp³-hybridized carbons (Fsp3) is 0.564. The molecule has 3 unspecified atom stereocenters. The normalized spacial score (nSPS) is 22.9. The highest BCUT2D eigenvalue weighted by atomic mass is 19.1. The number of benzene rings is 2. The van der Waals surface area contributed by atoms with Crippen molar-refractivity contribution in [2.45, 2.75) is 58.1 Å². The summed E-state index contributed by atoms with van der Waals surface area (Å²) < 4.78 is 20.6. The van der Waals surface area contributed by atoms with Gasteiger partial charge in [-0.25, -0.2) is 14.3 Å². The van der Waals surface area contributed by atoms with Crippen molar-refractivity contribution in [3.8, 4) is 0 Å². The highest BCUT2D eigenvalue weighted by Gasteiger charge is 2.44. The molecule has 1 N–H and O–H groups in total. The molecule has 5 fully saturated rings. The number of fused-ring (bicyclic) bond motifs is 4. The first-order valence-corrected chi connectivity index (χ1v) is 18.7. The zero-order valence-corrected chi connectivity index (χ0v) is 30.5. The Bertz CT molecular complexity index is 1860. The minimum absolute atomic E-state index is 0.00898. The second-order valence-corrected chi connectivity index (χ2v) is 15.9. The maximum atomic E-state index is 15.0. The molecule has 2 aromatic carbocycles. The van der Waals surface area contributed by atoms with Gasteiger partial charge in [-0.1, -0.05) is 24.3 Å². The van der Waals surface area contributed by atoms with Gasteiger partial charge in [0, 0.05) is 83.3 Å². The van der Waals surface area contributed by atoms with Crippen molar-refractivity contribution < 1.29 is 23.5 Å². The highest BCUT2D eigenvalue weighted by Crippen LogP contribution is 2.40. The van der Waals surface area contributed by atoms with Crippen molar-refractivity contribution >= 4 is 28.7 Å². The number of rotatable bonds is 7. The molecule has 3 aromatic rings. The number of nitrogens with zero attached hydrogens (tertiary/aromatic N) is 6. The average molecular weight is 716 g/mol. The molecular formula is C39H50FN7O5. The van der Waals surface area contributed by atoms with Gasteiger partial charge in [0.25, 0.3) is 11.5 Å². The summed E-state index contributed by atoms with van der Waals surface area (Å²) in [4.78, 5) is 61.9. The highest BCUT2D eigenvalue weighted by molar-refractivity contribution is 5.95. The first-order chi connectivity index (χ1) is 24.9. The monoisotopic (exact) mass is 715 g/mol.